The summed E-state index contributed by atoms with van der Waals surface area (Å²) in [6.07, 6.45) is 5.57. The Morgan fingerprint density at radius 2 is 2.12 bits per heavy atom. The van der Waals surface area contributed by atoms with Gasteiger partial charge in [-0.15, -0.1) is 0 Å². The molecular formula is C7H12N+. The Morgan fingerprint density at radius 1 is 1.50 bits per heavy atom. The van der Waals surface area contributed by atoms with Crippen molar-refractivity contribution in [2.75, 3.05) is 6.54 Å². The van der Waals surface area contributed by atoms with Gasteiger partial charge in [0, 0.05) is 0 Å². The van der Waals surface area contributed by atoms with Crippen LogP contribution in [0.5, 0.6) is 0 Å². The second-order valence-electron chi connectivity index (χ2n) is 2.02. The molecule has 1 aliphatic heterocycles. The van der Waals surface area contributed by atoms with Crippen LogP contribution in [0.2, 0.25) is 0 Å². The molecule has 1 heteroatoms. The van der Waals surface area contributed by atoms with Crippen molar-refractivity contribution < 1.29 is 4.58 Å². The van der Waals surface area contributed by atoms with Crippen LogP contribution in [0.15, 0.2) is 11.8 Å². The number of hydrogen-bond donors (Lipinski definition) is 0. The second kappa shape index (κ2) is 2.12. The van der Waals surface area contributed by atoms with E-state index in [1.165, 1.54) is 12.0 Å². The van der Waals surface area contributed by atoms with Crippen molar-refractivity contribution in [1.29, 1.82) is 0 Å². The first-order valence-corrected chi connectivity index (χ1v) is 3.18. The lowest BCUT2D eigenvalue weighted by Crippen LogP contribution is -2.15. The second-order valence-corrected chi connectivity index (χ2v) is 2.02. The lowest BCUT2D eigenvalue weighted by atomic mass is 10.2. The summed E-state index contributed by atoms with van der Waals surface area (Å²) in [6.45, 7) is 5.44. The first-order chi connectivity index (χ1) is 3.86. The maximum atomic E-state index is 2.19. The standard InChI is InChI=1S/C7H12N/c1-3-7-5-8(4-2)6-7/h5-6H,3-4H2,1-2H3/q+1. The van der Waals surface area contributed by atoms with Gasteiger partial charge < -0.3 is 0 Å². The van der Waals surface area contributed by atoms with Crippen LogP contribution in [0, 0.1) is 0 Å². The van der Waals surface area contributed by atoms with Crippen molar-refractivity contribution in [2.45, 2.75) is 20.3 Å². The molecule has 44 valence electrons. The van der Waals surface area contributed by atoms with Crippen LogP contribution >= 0.6 is 0 Å². The number of nitrogens with zero attached hydrogens (tertiary/aromatic N) is 1. The van der Waals surface area contributed by atoms with E-state index < -0.39 is 0 Å². The van der Waals surface area contributed by atoms with Gasteiger partial charge in [0.1, 0.15) is 6.54 Å². The molecule has 0 aromatic rings. The molecule has 0 aromatic carbocycles. The van der Waals surface area contributed by atoms with E-state index in [2.05, 4.69) is 30.8 Å². The molecular weight excluding hydrogens is 98.1 g/mol. The van der Waals surface area contributed by atoms with Crippen LogP contribution in [0.3, 0.4) is 0 Å². The summed E-state index contributed by atoms with van der Waals surface area (Å²) in [7, 11) is 0. The van der Waals surface area contributed by atoms with E-state index >= 15 is 0 Å². The molecule has 0 unspecified atom stereocenters. The molecule has 0 amide bonds. The van der Waals surface area contributed by atoms with Crippen LogP contribution in [0.4, 0.5) is 0 Å². The van der Waals surface area contributed by atoms with Gasteiger partial charge in [-0.2, -0.15) is 0 Å². The highest BCUT2D eigenvalue weighted by molar-refractivity contribution is 5.77. The van der Waals surface area contributed by atoms with Crippen molar-refractivity contribution in [3.8, 4) is 0 Å². The zero-order valence-corrected chi connectivity index (χ0v) is 5.52. The molecule has 0 saturated carbocycles. The van der Waals surface area contributed by atoms with Crippen LogP contribution in [-0.4, -0.2) is 17.3 Å². The fourth-order valence-corrected chi connectivity index (χ4v) is 0.780. The lowest BCUT2D eigenvalue weighted by Gasteiger charge is -2.02. The van der Waals surface area contributed by atoms with Gasteiger partial charge in [0.15, 0.2) is 12.4 Å². The van der Waals surface area contributed by atoms with Gasteiger partial charge in [-0.1, -0.05) is 6.92 Å². The average molecular weight is 110 g/mol. The van der Waals surface area contributed by atoms with Gasteiger partial charge in [-0.3, -0.25) is 0 Å². The van der Waals surface area contributed by atoms with E-state index in [0.717, 1.165) is 6.54 Å². The normalized spacial score (nSPS) is 16.8. The van der Waals surface area contributed by atoms with Gasteiger partial charge in [0.25, 0.3) is 0 Å². The van der Waals surface area contributed by atoms with Gasteiger partial charge in [0.05, 0.1) is 5.57 Å². The molecule has 0 fully saturated rings. The maximum absolute atomic E-state index is 2.19. The Hall–Kier alpha value is -0.590. The third kappa shape index (κ3) is 0.808. The minimum atomic E-state index is 1.11. The van der Waals surface area contributed by atoms with E-state index in [9.17, 15) is 0 Å². The highest BCUT2D eigenvalue weighted by Crippen LogP contribution is 2.04. The third-order valence-corrected chi connectivity index (χ3v) is 1.44. The Morgan fingerprint density at radius 3 is 2.50 bits per heavy atom. The van der Waals surface area contributed by atoms with E-state index in [1.807, 2.05) is 0 Å². The predicted molar refractivity (Wildman–Crippen MR) is 35.2 cm³/mol. The number of hydrogen-bond acceptors (Lipinski definition) is 0. The lowest BCUT2D eigenvalue weighted by molar-refractivity contribution is -0.459. The molecule has 0 saturated heterocycles. The third-order valence-electron chi connectivity index (χ3n) is 1.44. The Labute approximate surface area is 50.3 Å². The SMILES string of the molecule is CCC1=C[N+](CC)=C1. The summed E-state index contributed by atoms with van der Waals surface area (Å²) in [5, 5.41) is 0. The average Bonchev–Trinajstić information content (AvgIpc) is 1.65. The van der Waals surface area contributed by atoms with Crippen LogP contribution in [-0.2, 0) is 0 Å². The molecule has 0 radical (unpaired) electrons. The molecule has 0 aliphatic carbocycles. The molecule has 0 N–H and O–H groups in total. The van der Waals surface area contributed by atoms with Crippen molar-refractivity contribution in [3.63, 3.8) is 0 Å². The zero-order valence-electron chi connectivity index (χ0n) is 5.52. The van der Waals surface area contributed by atoms with Crippen molar-refractivity contribution in [3.05, 3.63) is 11.8 Å². The molecule has 1 nitrogen and oxygen atoms in total. The van der Waals surface area contributed by atoms with Gasteiger partial charge in [-0.25, -0.2) is 4.58 Å². The van der Waals surface area contributed by atoms with Crippen molar-refractivity contribution >= 4 is 6.21 Å². The topological polar surface area (TPSA) is 3.01 Å². The first-order valence-electron chi connectivity index (χ1n) is 3.18. The van der Waals surface area contributed by atoms with Gasteiger partial charge >= 0.3 is 0 Å². The molecule has 0 spiro atoms. The molecule has 0 atom stereocenters. The highest BCUT2D eigenvalue weighted by Gasteiger charge is 2.10. The van der Waals surface area contributed by atoms with Crippen molar-refractivity contribution in [1.82, 2.24) is 0 Å². The molecule has 0 bridgehead atoms. The van der Waals surface area contributed by atoms with Gasteiger partial charge in [-0.05, 0) is 13.3 Å². The Balaban J connectivity index is 2.34. The smallest absolute Gasteiger partial charge is 0.177 e. The summed E-state index contributed by atoms with van der Waals surface area (Å²) in [5.41, 5.74) is 1.46. The summed E-state index contributed by atoms with van der Waals surface area (Å²) in [4.78, 5) is 0. The number of allylic oxidation sites excluding steroid dienone is 1. The molecule has 1 heterocycles. The Bertz CT molecular complexity index is 119. The Kier molecular flexibility index (Phi) is 1.47. The highest BCUT2D eigenvalue weighted by atomic mass is 15.0. The fourth-order valence-electron chi connectivity index (χ4n) is 0.780. The van der Waals surface area contributed by atoms with Gasteiger partial charge in [0.2, 0.25) is 0 Å². The molecule has 1 aliphatic rings. The minimum Gasteiger partial charge on any atom is -0.204 e. The van der Waals surface area contributed by atoms with E-state index in [-0.39, 0.29) is 0 Å². The zero-order chi connectivity index (χ0) is 5.98. The fraction of sp³-hybridized carbons (Fsp3) is 0.571. The largest absolute Gasteiger partial charge is 0.204 e. The monoisotopic (exact) mass is 110 g/mol. The quantitative estimate of drug-likeness (QED) is 0.473. The van der Waals surface area contributed by atoms with E-state index in [1.54, 1.807) is 0 Å². The first kappa shape index (κ1) is 5.54. The number of rotatable bonds is 2. The molecule has 8 heavy (non-hydrogen) atoms. The summed E-state index contributed by atoms with van der Waals surface area (Å²) in [5.74, 6) is 0. The maximum Gasteiger partial charge on any atom is 0.177 e. The van der Waals surface area contributed by atoms with E-state index in [4.69, 9.17) is 0 Å². The van der Waals surface area contributed by atoms with E-state index in [0.29, 0.717) is 0 Å². The predicted octanol–water partition coefficient (Wildman–Crippen LogP) is 1.40. The van der Waals surface area contributed by atoms with Crippen LogP contribution < -0.4 is 0 Å². The van der Waals surface area contributed by atoms with Crippen molar-refractivity contribution in [2.24, 2.45) is 0 Å². The minimum absolute atomic E-state index is 1.11. The summed E-state index contributed by atoms with van der Waals surface area (Å²) in [6, 6.07) is 0. The molecule has 0 aromatic heterocycles. The van der Waals surface area contributed by atoms with Crippen LogP contribution in [0.1, 0.15) is 20.3 Å². The van der Waals surface area contributed by atoms with Crippen LogP contribution in [0.25, 0.3) is 0 Å². The summed E-state index contributed by atoms with van der Waals surface area (Å²) >= 11 is 0. The summed E-state index contributed by atoms with van der Waals surface area (Å²) < 4.78 is 2.19. The molecule has 1 rings (SSSR count).